The van der Waals surface area contributed by atoms with Crippen LogP contribution >= 0.6 is 11.8 Å². The number of imide groups is 1. The Morgan fingerprint density at radius 2 is 2.00 bits per heavy atom. The number of carbonyl (C=O) groups is 3. The van der Waals surface area contributed by atoms with Crippen LogP contribution in [0.15, 0.2) is 0 Å². The third kappa shape index (κ3) is 6.78. The number of rotatable bonds is 5. The summed E-state index contributed by atoms with van der Waals surface area (Å²) in [5.74, 6) is -1.41. The molecule has 0 aromatic carbocycles. The summed E-state index contributed by atoms with van der Waals surface area (Å²) in [7, 11) is 1.41. The van der Waals surface area contributed by atoms with Gasteiger partial charge >= 0.3 is 12.0 Å². The van der Waals surface area contributed by atoms with Crippen molar-refractivity contribution in [2.45, 2.75) is 6.92 Å². The number of carboxylic acids is 1. The van der Waals surface area contributed by atoms with Crippen molar-refractivity contribution in [3.8, 4) is 0 Å². The molecule has 0 aromatic heterocycles. The predicted molar refractivity (Wildman–Crippen MR) is 56.7 cm³/mol. The number of urea groups is 1. The van der Waals surface area contributed by atoms with Crippen LogP contribution in [0.1, 0.15) is 6.92 Å². The molecule has 1 unspecified atom stereocenters. The zero-order valence-corrected chi connectivity index (χ0v) is 9.39. The fourth-order valence-corrected chi connectivity index (χ4v) is 1.50. The second-order valence-electron chi connectivity index (χ2n) is 2.88. The van der Waals surface area contributed by atoms with Gasteiger partial charge in [-0.15, -0.1) is 0 Å². The second kappa shape index (κ2) is 7.10. The van der Waals surface area contributed by atoms with Crippen LogP contribution in [0.2, 0.25) is 0 Å². The molecular formula is C8H14N2O4S. The van der Waals surface area contributed by atoms with Gasteiger partial charge in [0, 0.05) is 12.8 Å². The standard InChI is InChI=1S/C8H14N2O4S/c1-5(7(12)13)3-15-4-6(11)10-8(14)9-2/h5H,3-4H2,1-2H3,(H,12,13)(H2,9,10,11,14). The van der Waals surface area contributed by atoms with Gasteiger partial charge in [-0.1, -0.05) is 6.92 Å². The Hall–Kier alpha value is -1.24. The first-order valence-corrected chi connectivity index (χ1v) is 5.45. The minimum atomic E-state index is -0.894. The normalized spacial score (nSPS) is 11.6. The highest BCUT2D eigenvalue weighted by atomic mass is 32.2. The highest BCUT2D eigenvalue weighted by Gasteiger charge is 2.12. The fraction of sp³-hybridized carbons (Fsp3) is 0.625. The summed E-state index contributed by atoms with van der Waals surface area (Å²) in [5.41, 5.74) is 0. The van der Waals surface area contributed by atoms with Crippen molar-refractivity contribution in [1.82, 2.24) is 10.6 Å². The molecule has 15 heavy (non-hydrogen) atoms. The molecule has 0 aliphatic carbocycles. The Morgan fingerprint density at radius 3 is 2.47 bits per heavy atom. The first-order chi connectivity index (χ1) is 6.97. The maximum absolute atomic E-state index is 11.0. The maximum Gasteiger partial charge on any atom is 0.321 e. The van der Waals surface area contributed by atoms with Gasteiger partial charge < -0.3 is 10.4 Å². The van der Waals surface area contributed by atoms with E-state index in [0.717, 1.165) is 0 Å². The van der Waals surface area contributed by atoms with Gasteiger partial charge in [-0.25, -0.2) is 4.79 Å². The molecular weight excluding hydrogens is 220 g/mol. The van der Waals surface area contributed by atoms with Crippen molar-refractivity contribution in [1.29, 1.82) is 0 Å². The molecule has 0 spiro atoms. The van der Waals surface area contributed by atoms with Crippen molar-refractivity contribution in [2.24, 2.45) is 5.92 Å². The van der Waals surface area contributed by atoms with Gasteiger partial charge in [-0.2, -0.15) is 11.8 Å². The Kier molecular flexibility index (Phi) is 6.52. The smallest absolute Gasteiger partial charge is 0.321 e. The molecule has 86 valence electrons. The molecule has 0 bridgehead atoms. The minimum Gasteiger partial charge on any atom is -0.481 e. The van der Waals surface area contributed by atoms with Crippen LogP contribution in [-0.2, 0) is 9.59 Å². The highest BCUT2D eigenvalue weighted by molar-refractivity contribution is 7.99. The topological polar surface area (TPSA) is 95.5 Å². The molecule has 0 radical (unpaired) electrons. The molecule has 6 nitrogen and oxygen atoms in total. The number of thioether (sulfide) groups is 1. The number of amides is 3. The lowest BCUT2D eigenvalue weighted by Crippen LogP contribution is -2.38. The molecule has 0 fully saturated rings. The minimum absolute atomic E-state index is 0.0744. The number of hydrogen-bond donors (Lipinski definition) is 3. The van der Waals surface area contributed by atoms with Crippen LogP contribution in [0.25, 0.3) is 0 Å². The van der Waals surface area contributed by atoms with Gasteiger partial charge in [0.1, 0.15) is 0 Å². The molecule has 0 rings (SSSR count). The maximum atomic E-state index is 11.0. The average molecular weight is 234 g/mol. The Bertz CT molecular complexity index is 257. The Morgan fingerprint density at radius 1 is 1.40 bits per heavy atom. The summed E-state index contributed by atoms with van der Waals surface area (Å²) in [5, 5.41) is 12.9. The summed E-state index contributed by atoms with van der Waals surface area (Å²) in [6.45, 7) is 1.56. The summed E-state index contributed by atoms with van der Waals surface area (Å²) in [4.78, 5) is 32.1. The Balaban J connectivity index is 3.64. The van der Waals surface area contributed by atoms with Crippen molar-refractivity contribution in [3.63, 3.8) is 0 Å². The lowest BCUT2D eigenvalue weighted by Gasteiger charge is -2.05. The molecule has 1 atom stereocenters. The summed E-state index contributed by atoms with van der Waals surface area (Å²) in [6.07, 6.45) is 0. The second-order valence-corrected chi connectivity index (χ2v) is 3.91. The third-order valence-electron chi connectivity index (χ3n) is 1.50. The van der Waals surface area contributed by atoms with Gasteiger partial charge in [-0.05, 0) is 0 Å². The third-order valence-corrected chi connectivity index (χ3v) is 2.70. The molecule has 0 aliphatic heterocycles. The van der Waals surface area contributed by atoms with E-state index in [0.29, 0.717) is 5.75 Å². The largest absolute Gasteiger partial charge is 0.481 e. The summed E-state index contributed by atoms with van der Waals surface area (Å²) in [6, 6.07) is -0.563. The monoisotopic (exact) mass is 234 g/mol. The zero-order valence-electron chi connectivity index (χ0n) is 8.57. The van der Waals surface area contributed by atoms with Gasteiger partial charge in [-0.3, -0.25) is 14.9 Å². The van der Waals surface area contributed by atoms with Crippen LogP contribution in [0.3, 0.4) is 0 Å². The molecule has 0 aromatic rings. The average Bonchev–Trinajstić information content (AvgIpc) is 2.17. The molecule has 0 saturated heterocycles. The van der Waals surface area contributed by atoms with Crippen LogP contribution in [0.4, 0.5) is 4.79 Å². The highest BCUT2D eigenvalue weighted by Crippen LogP contribution is 2.07. The number of aliphatic carboxylic acids is 1. The van der Waals surface area contributed by atoms with Crippen molar-refractivity contribution in [3.05, 3.63) is 0 Å². The van der Waals surface area contributed by atoms with E-state index >= 15 is 0 Å². The van der Waals surface area contributed by atoms with E-state index in [4.69, 9.17) is 5.11 Å². The lowest BCUT2D eigenvalue weighted by atomic mass is 10.2. The van der Waals surface area contributed by atoms with E-state index in [1.54, 1.807) is 6.92 Å². The van der Waals surface area contributed by atoms with E-state index in [-0.39, 0.29) is 5.75 Å². The number of carboxylic acid groups (broad SMARTS) is 1. The van der Waals surface area contributed by atoms with Crippen LogP contribution < -0.4 is 10.6 Å². The van der Waals surface area contributed by atoms with Gasteiger partial charge in [0.25, 0.3) is 0 Å². The predicted octanol–water partition coefficient (Wildman–Crippen LogP) is -0.104. The van der Waals surface area contributed by atoms with E-state index in [1.165, 1.54) is 18.8 Å². The quantitative estimate of drug-likeness (QED) is 0.617. The van der Waals surface area contributed by atoms with Crippen molar-refractivity contribution >= 4 is 29.7 Å². The van der Waals surface area contributed by atoms with E-state index in [1.807, 2.05) is 0 Å². The summed E-state index contributed by atoms with van der Waals surface area (Å²) < 4.78 is 0. The first-order valence-electron chi connectivity index (χ1n) is 4.29. The van der Waals surface area contributed by atoms with E-state index < -0.39 is 23.8 Å². The number of hydrogen-bond acceptors (Lipinski definition) is 4. The lowest BCUT2D eigenvalue weighted by molar-refractivity contribution is -0.140. The van der Waals surface area contributed by atoms with Crippen LogP contribution in [0, 0.1) is 5.92 Å². The number of carbonyl (C=O) groups excluding carboxylic acids is 2. The van der Waals surface area contributed by atoms with E-state index in [9.17, 15) is 14.4 Å². The summed E-state index contributed by atoms with van der Waals surface area (Å²) >= 11 is 1.18. The Labute approximate surface area is 91.8 Å². The zero-order chi connectivity index (χ0) is 11.8. The SMILES string of the molecule is CNC(=O)NC(=O)CSCC(C)C(=O)O. The van der Waals surface area contributed by atoms with Gasteiger partial charge in [0.15, 0.2) is 0 Å². The van der Waals surface area contributed by atoms with E-state index in [2.05, 4.69) is 10.6 Å². The number of nitrogens with one attached hydrogen (secondary N) is 2. The molecule has 0 saturated carbocycles. The van der Waals surface area contributed by atoms with Crippen LogP contribution in [-0.4, -0.2) is 41.6 Å². The van der Waals surface area contributed by atoms with Gasteiger partial charge in [0.2, 0.25) is 5.91 Å². The fourth-order valence-electron chi connectivity index (χ4n) is 0.625. The molecule has 7 heteroatoms. The van der Waals surface area contributed by atoms with Crippen LogP contribution in [0.5, 0.6) is 0 Å². The molecule has 3 amide bonds. The van der Waals surface area contributed by atoms with Gasteiger partial charge in [0.05, 0.1) is 11.7 Å². The molecule has 3 N–H and O–H groups in total. The first kappa shape index (κ1) is 13.8. The van der Waals surface area contributed by atoms with Crippen molar-refractivity contribution in [2.75, 3.05) is 18.6 Å². The molecule has 0 aliphatic rings. The van der Waals surface area contributed by atoms with Crippen molar-refractivity contribution < 1.29 is 19.5 Å². The molecule has 0 heterocycles.